The third kappa shape index (κ3) is 5.59. The zero-order valence-electron chi connectivity index (χ0n) is 17.8. The molecule has 1 atom stereocenters. The number of rotatable bonds is 5. The number of carbonyl (C=O) groups is 1. The summed E-state index contributed by atoms with van der Waals surface area (Å²) in [4.78, 5) is 18.5. The summed E-state index contributed by atoms with van der Waals surface area (Å²) >= 11 is 12.1. The van der Waals surface area contributed by atoms with E-state index in [0.717, 1.165) is 18.9 Å². The van der Waals surface area contributed by atoms with Crippen molar-refractivity contribution < 1.29 is 18.0 Å². The molecule has 0 bridgehead atoms. The number of benzene rings is 1. The van der Waals surface area contributed by atoms with Crippen molar-refractivity contribution in [3.8, 4) is 0 Å². The number of amides is 1. The zero-order chi connectivity index (χ0) is 23.6. The minimum Gasteiger partial charge on any atom is -0.396 e. The number of anilines is 2. The molecule has 1 unspecified atom stereocenters. The van der Waals surface area contributed by atoms with E-state index in [1.165, 1.54) is 6.07 Å². The number of nitrogens with one attached hydrogen (secondary N) is 1. The van der Waals surface area contributed by atoms with Gasteiger partial charge in [-0.25, -0.2) is 4.98 Å². The lowest BCUT2D eigenvalue weighted by Crippen LogP contribution is -2.35. The van der Waals surface area contributed by atoms with Gasteiger partial charge in [0.05, 0.1) is 21.7 Å². The Bertz CT molecular complexity index is 969. The van der Waals surface area contributed by atoms with Gasteiger partial charge in [-0.15, -0.1) is 0 Å². The van der Waals surface area contributed by atoms with Crippen LogP contribution in [0.3, 0.4) is 0 Å². The number of hydrogen-bond acceptors (Lipinski definition) is 4. The second-order valence-electron chi connectivity index (χ2n) is 8.18. The van der Waals surface area contributed by atoms with Crippen molar-refractivity contribution in [3.63, 3.8) is 0 Å². The average molecular weight is 489 g/mol. The Labute approximate surface area is 195 Å². The lowest BCUT2D eigenvalue weighted by molar-refractivity contribution is -0.141. The molecule has 0 saturated carbocycles. The Morgan fingerprint density at radius 1 is 1.25 bits per heavy atom. The fraction of sp³-hybridized carbons (Fsp3) is 0.455. The normalized spacial score (nSPS) is 16.2. The second kappa shape index (κ2) is 9.75. The number of alkyl halides is 3. The van der Waals surface area contributed by atoms with E-state index in [0.29, 0.717) is 30.1 Å². The fourth-order valence-electron chi connectivity index (χ4n) is 3.61. The number of hydrogen-bond donors (Lipinski definition) is 2. The molecule has 3 N–H and O–H groups in total. The number of pyridine rings is 1. The summed E-state index contributed by atoms with van der Waals surface area (Å²) in [6.45, 7) is 5.09. The molecule has 1 fully saturated rings. The first kappa shape index (κ1) is 24.5. The molecule has 32 heavy (non-hydrogen) atoms. The largest absolute Gasteiger partial charge is 0.433 e. The van der Waals surface area contributed by atoms with Gasteiger partial charge in [-0.2, -0.15) is 13.2 Å². The van der Waals surface area contributed by atoms with Gasteiger partial charge in [0.1, 0.15) is 11.5 Å². The number of nitrogens with zero attached hydrogens (tertiary/aromatic N) is 2. The topological polar surface area (TPSA) is 71.2 Å². The molecule has 5 nitrogen and oxygen atoms in total. The predicted molar refractivity (Wildman–Crippen MR) is 121 cm³/mol. The summed E-state index contributed by atoms with van der Waals surface area (Å²) in [5, 5.41) is 3.29. The van der Waals surface area contributed by atoms with E-state index in [-0.39, 0.29) is 34.0 Å². The average Bonchev–Trinajstić information content (AvgIpc) is 2.74. The van der Waals surface area contributed by atoms with E-state index < -0.39 is 17.8 Å². The van der Waals surface area contributed by atoms with Crippen molar-refractivity contribution in [1.82, 2.24) is 10.3 Å². The maximum Gasteiger partial charge on any atom is 0.433 e. The van der Waals surface area contributed by atoms with Crippen molar-refractivity contribution in [2.45, 2.75) is 45.3 Å². The molecule has 1 saturated heterocycles. The molecule has 174 valence electrons. The molecule has 1 amide bonds. The SMILES string of the molecule is CC1CCN(c2nc(C(F)(F)F)ccc2CNC(=O)C(C)c2cc(Cl)c(N)c(Cl)c2)CC1. The second-order valence-corrected chi connectivity index (χ2v) is 9.00. The minimum atomic E-state index is -4.54. The summed E-state index contributed by atoms with van der Waals surface area (Å²) in [6, 6.07) is 5.48. The van der Waals surface area contributed by atoms with Gasteiger partial charge < -0.3 is 16.0 Å². The van der Waals surface area contributed by atoms with Crippen LogP contribution in [0.25, 0.3) is 0 Å². The Hall–Kier alpha value is -2.19. The molecule has 2 heterocycles. The van der Waals surface area contributed by atoms with Crippen LogP contribution in [0.5, 0.6) is 0 Å². The number of halogens is 5. The van der Waals surface area contributed by atoms with Crippen LogP contribution in [0, 0.1) is 5.92 Å². The van der Waals surface area contributed by atoms with E-state index in [2.05, 4.69) is 17.2 Å². The summed E-state index contributed by atoms with van der Waals surface area (Å²) in [5.41, 5.74) is 6.15. The van der Waals surface area contributed by atoms with Crippen LogP contribution < -0.4 is 16.0 Å². The van der Waals surface area contributed by atoms with Gasteiger partial charge >= 0.3 is 6.18 Å². The van der Waals surface area contributed by atoms with E-state index in [1.54, 1.807) is 19.1 Å². The number of nitrogens with two attached hydrogens (primary N) is 1. The van der Waals surface area contributed by atoms with Crippen LogP contribution >= 0.6 is 23.2 Å². The lowest BCUT2D eigenvalue weighted by Gasteiger charge is -2.33. The van der Waals surface area contributed by atoms with Crippen LogP contribution in [0.4, 0.5) is 24.7 Å². The molecule has 1 aromatic carbocycles. The molecule has 3 rings (SSSR count). The van der Waals surface area contributed by atoms with Crippen LogP contribution in [0.2, 0.25) is 10.0 Å². The lowest BCUT2D eigenvalue weighted by atomic mass is 9.98. The standard InChI is InChI=1S/C22H25Cl2F3N4O/c1-12-5-7-31(8-6-12)20-14(3-4-18(30-20)22(25,26)27)11-29-21(32)13(2)15-9-16(23)19(28)17(24)10-15/h3-4,9-10,12-13H,5-8,11,28H2,1-2H3,(H,29,32). The molecule has 1 aliphatic heterocycles. The van der Waals surface area contributed by atoms with Crippen molar-refractivity contribution in [2.24, 2.45) is 5.92 Å². The van der Waals surface area contributed by atoms with Crippen molar-refractivity contribution in [2.75, 3.05) is 23.7 Å². The number of aromatic nitrogens is 1. The van der Waals surface area contributed by atoms with Crippen LogP contribution in [0.1, 0.15) is 49.4 Å². The molecule has 10 heteroatoms. The highest BCUT2D eigenvalue weighted by Crippen LogP contribution is 2.33. The fourth-order valence-corrected chi connectivity index (χ4v) is 4.11. The van der Waals surface area contributed by atoms with Gasteiger partial charge in [-0.1, -0.05) is 36.2 Å². The zero-order valence-corrected chi connectivity index (χ0v) is 19.3. The van der Waals surface area contributed by atoms with Gasteiger partial charge in [0.25, 0.3) is 0 Å². The summed E-state index contributed by atoms with van der Waals surface area (Å²) in [6.07, 6.45) is -2.79. The quantitative estimate of drug-likeness (QED) is 0.533. The molecule has 2 aromatic rings. The van der Waals surface area contributed by atoms with E-state index >= 15 is 0 Å². The summed E-state index contributed by atoms with van der Waals surface area (Å²) in [7, 11) is 0. The number of carbonyl (C=O) groups excluding carboxylic acids is 1. The van der Waals surface area contributed by atoms with Crippen molar-refractivity contribution >= 4 is 40.6 Å². The summed E-state index contributed by atoms with van der Waals surface area (Å²) in [5.74, 6) is -0.134. The van der Waals surface area contributed by atoms with Gasteiger partial charge in [-0.05, 0) is 49.4 Å². The highest BCUT2D eigenvalue weighted by molar-refractivity contribution is 6.39. The Kier molecular flexibility index (Phi) is 7.45. The third-order valence-electron chi connectivity index (χ3n) is 5.78. The molecule has 0 aliphatic carbocycles. The van der Waals surface area contributed by atoms with Gasteiger partial charge in [0.15, 0.2) is 0 Å². The number of nitrogen functional groups attached to an aromatic ring is 1. The highest BCUT2D eigenvalue weighted by Gasteiger charge is 2.34. The van der Waals surface area contributed by atoms with Gasteiger partial charge in [0.2, 0.25) is 5.91 Å². The first-order chi connectivity index (χ1) is 15.0. The van der Waals surface area contributed by atoms with Crippen LogP contribution in [-0.4, -0.2) is 24.0 Å². The highest BCUT2D eigenvalue weighted by atomic mass is 35.5. The molecule has 1 aliphatic rings. The van der Waals surface area contributed by atoms with Gasteiger partial charge in [-0.3, -0.25) is 4.79 Å². The minimum absolute atomic E-state index is 0.0478. The third-order valence-corrected chi connectivity index (χ3v) is 6.40. The molecule has 0 radical (unpaired) electrons. The van der Waals surface area contributed by atoms with Gasteiger partial charge in [0, 0.05) is 25.2 Å². The maximum absolute atomic E-state index is 13.2. The predicted octanol–water partition coefficient (Wildman–Crippen LogP) is 5.65. The maximum atomic E-state index is 13.2. The Morgan fingerprint density at radius 3 is 2.41 bits per heavy atom. The molecule has 1 aromatic heterocycles. The monoisotopic (exact) mass is 488 g/mol. The van der Waals surface area contributed by atoms with Crippen molar-refractivity contribution in [1.29, 1.82) is 0 Å². The first-order valence-electron chi connectivity index (χ1n) is 10.3. The Balaban J connectivity index is 1.79. The summed E-state index contributed by atoms with van der Waals surface area (Å²) < 4.78 is 39.7. The molecule has 0 spiro atoms. The molecular formula is C22H25Cl2F3N4O. The van der Waals surface area contributed by atoms with E-state index in [9.17, 15) is 18.0 Å². The number of piperidine rings is 1. The van der Waals surface area contributed by atoms with Crippen LogP contribution in [0.15, 0.2) is 24.3 Å². The first-order valence-corrected chi connectivity index (χ1v) is 11.1. The molecular weight excluding hydrogens is 464 g/mol. The smallest absolute Gasteiger partial charge is 0.396 e. The van der Waals surface area contributed by atoms with E-state index in [4.69, 9.17) is 28.9 Å². The van der Waals surface area contributed by atoms with Crippen molar-refractivity contribution in [3.05, 3.63) is 51.1 Å². The van der Waals surface area contributed by atoms with Crippen LogP contribution in [-0.2, 0) is 17.5 Å². The van der Waals surface area contributed by atoms with E-state index in [1.807, 2.05) is 4.90 Å². The Morgan fingerprint density at radius 2 is 1.84 bits per heavy atom.